The minimum atomic E-state index is -4.36. The van der Waals surface area contributed by atoms with Crippen molar-refractivity contribution in [3.05, 3.63) is 28.2 Å². The van der Waals surface area contributed by atoms with Gasteiger partial charge in [-0.25, -0.2) is 0 Å². The molecule has 1 saturated heterocycles. The molecule has 2 rings (SSSR count). The molecule has 3 nitrogen and oxygen atoms in total. The zero-order valence-corrected chi connectivity index (χ0v) is 13.2. The van der Waals surface area contributed by atoms with Gasteiger partial charge in [-0.1, -0.05) is 15.9 Å². The topological polar surface area (TPSA) is 33.3 Å². The molecule has 2 N–H and O–H groups in total. The van der Waals surface area contributed by atoms with Crippen LogP contribution in [0.15, 0.2) is 22.7 Å². The van der Waals surface area contributed by atoms with E-state index in [9.17, 15) is 13.2 Å². The van der Waals surface area contributed by atoms with Gasteiger partial charge in [0.05, 0.1) is 18.8 Å². The van der Waals surface area contributed by atoms with Crippen molar-refractivity contribution in [1.82, 2.24) is 5.32 Å². The van der Waals surface area contributed by atoms with Crippen molar-refractivity contribution in [2.45, 2.75) is 31.6 Å². The van der Waals surface area contributed by atoms with Crippen LogP contribution in [-0.4, -0.2) is 31.8 Å². The number of hydrogen-bond acceptors (Lipinski definition) is 3. The molecule has 0 bridgehead atoms. The quantitative estimate of drug-likeness (QED) is 0.853. The molecule has 2 atom stereocenters. The van der Waals surface area contributed by atoms with E-state index in [0.29, 0.717) is 18.9 Å². The summed E-state index contributed by atoms with van der Waals surface area (Å²) in [5.74, 6) is 0. The van der Waals surface area contributed by atoms with Crippen LogP contribution in [0.2, 0.25) is 0 Å². The Labute approximate surface area is 130 Å². The third-order valence-corrected chi connectivity index (χ3v) is 4.01. The van der Waals surface area contributed by atoms with E-state index in [0.717, 1.165) is 19.0 Å². The molecule has 0 amide bonds. The second-order valence-electron chi connectivity index (χ2n) is 5.20. The van der Waals surface area contributed by atoms with Crippen molar-refractivity contribution >= 4 is 21.6 Å². The fourth-order valence-corrected chi connectivity index (χ4v) is 2.85. The standard InChI is InChI=1S/C14H18BrF3N2O/c1-9(6-11-8-21-5-4-19-11)20-10-2-3-13(15)12(7-10)14(16,17)18/h2-3,7,9,11,19-20H,4-6,8H2,1H3. The number of halogens is 4. The van der Waals surface area contributed by atoms with Gasteiger partial charge in [-0.15, -0.1) is 0 Å². The first-order valence-electron chi connectivity index (χ1n) is 6.80. The van der Waals surface area contributed by atoms with Crippen molar-refractivity contribution in [1.29, 1.82) is 0 Å². The van der Waals surface area contributed by atoms with Crippen LogP contribution in [0.5, 0.6) is 0 Å². The highest BCUT2D eigenvalue weighted by atomic mass is 79.9. The Morgan fingerprint density at radius 2 is 2.24 bits per heavy atom. The van der Waals surface area contributed by atoms with Crippen molar-refractivity contribution in [3.63, 3.8) is 0 Å². The minimum absolute atomic E-state index is 0.0476. The Hall–Kier alpha value is -0.790. The molecule has 1 fully saturated rings. The van der Waals surface area contributed by atoms with Crippen molar-refractivity contribution in [2.24, 2.45) is 0 Å². The lowest BCUT2D eigenvalue weighted by Crippen LogP contribution is -2.43. The van der Waals surface area contributed by atoms with E-state index >= 15 is 0 Å². The Balaban J connectivity index is 1.98. The summed E-state index contributed by atoms with van der Waals surface area (Å²) in [6.45, 7) is 4.11. The average Bonchev–Trinajstić information content (AvgIpc) is 2.41. The molecule has 1 heterocycles. The van der Waals surface area contributed by atoms with Gasteiger partial charge in [0, 0.05) is 28.8 Å². The van der Waals surface area contributed by atoms with Gasteiger partial charge < -0.3 is 15.4 Å². The van der Waals surface area contributed by atoms with Crippen LogP contribution in [0.25, 0.3) is 0 Å². The van der Waals surface area contributed by atoms with Gasteiger partial charge in [0.1, 0.15) is 0 Å². The Bertz CT molecular complexity index is 476. The predicted octanol–water partition coefficient (Wildman–Crippen LogP) is 3.65. The molecular formula is C14H18BrF3N2O. The van der Waals surface area contributed by atoms with E-state index in [1.165, 1.54) is 6.07 Å². The van der Waals surface area contributed by atoms with Gasteiger partial charge >= 0.3 is 6.18 Å². The molecular weight excluding hydrogens is 349 g/mol. The summed E-state index contributed by atoms with van der Waals surface area (Å²) >= 11 is 2.94. The number of alkyl halides is 3. The third kappa shape index (κ3) is 4.86. The normalized spacial score (nSPS) is 21.1. The van der Waals surface area contributed by atoms with Crippen molar-refractivity contribution in [2.75, 3.05) is 25.1 Å². The molecule has 0 saturated carbocycles. The first-order valence-corrected chi connectivity index (χ1v) is 7.60. The van der Waals surface area contributed by atoms with Gasteiger partial charge in [0.2, 0.25) is 0 Å². The number of morpholine rings is 1. The van der Waals surface area contributed by atoms with Gasteiger partial charge in [-0.05, 0) is 31.5 Å². The molecule has 1 aromatic rings. The maximum atomic E-state index is 12.9. The van der Waals surface area contributed by atoms with Crippen LogP contribution >= 0.6 is 15.9 Å². The maximum Gasteiger partial charge on any atom is 0.417 e. The number of anilines is 1. The van der Waals surface area contributed by atoms with Gasteiger partial charge in [0.15, 0.2) is 0 Å². The van der Waals surface area contributed by atoms with Crippen LogP contribution in [0.3, 0.4) is 0 Å². The molecule has 118 valence electrons. The summed E-state index contributed by atoms with van der Waals surface area (Å²) in [5.41, 5.74) is -0.200. The van der Waals surface area contributed by atoms with Gasteiger partial charge in [-0.2, -0.15) is 13.2 Å². The maximum absolute atomic E-state index is 12.9. The zero-order valence-electron chi connectivity index (χ0n) is 11.6. The molecule has 0 spiro atoms. The summed E-state index contributed by atoms with van der Waals surface area (Å²) in [6, 6.07) is 4.47. The number of nitrogens with one attached hydrogen (secondary N) is 2. The predicted molar refractivity (Wildman–Crippen MR) is 79.5 cm³/mol. The molecule has 1 aromatic carbocycles. The molecule has 7 heteroatoms. The summed E-state index contributed by atoms with van der Waals surface area (Å²) in [5, 5.41) is 6.44. The highest BCUT2D eigenvalue weighted by Crippen LogP contribution is 2.36. The van der Waals surface area contributed by atoms with E-state index in [1.807, 2.05) is 6.92 Å². The number of benzene rings is 1. The first kappa shape index (κ1) is 16.6. The molecule has 0 aromatic heterocycles. The number of ether oxygens (including phenoxy) is 1. The monoisotopic (exact) mass is 366 g/mol. The molecule has 1 aliphatic rings. The second kappa shape index (κ2) is 6.98. The van der Waals surface area contributed by atoms with E-state index in [4.69, 9.17) is 4.74 Å². The van der Waals surface area contributed by atoms with Crippen LogP contribution in [0.4, 0.5) is 18.9 Å². The lowest BCUT2D eigenvalue weighted by Gasteiger charge is -2.27. The van der Waals surface area contributed by atoms with E-state index in [2.05, 4.69) is 26.6 Å². The van der Waals surface area contributed by atoms with Crippen LogP contribution in [0.1, 0.15) is 18.9 Å². The largest absolute Gasteiger partial charge is 0.417 e. The average molecular weight is 367 g/mol. The summed E-state index contributed by atoms with van der Waals surface area (Å²) in [4.78, 5) is 0. The molecule has 0 radical (unpaired) electrons. The lowest BCUT2D eigenvalue weighted by molar-refractivity contribution is -0.138. The molecule has 1 aliphatic heterocycles. The van der Waals surface area contributed by atoms with E-state index < -0.39 is 11.7 Å². The fraction of sp³-hybridized carbons (Fsp3) is 0.571. The fourth-order valence-electron chi connectivity index (χ4n) is 2.37. The minimum Gasteiger partial charge on any atom is -0.383 e. The highest BCUT2D eigenvalue weighted by molar-refractivity contribution is 9.10. The number of hydrogen-bond donors (Lipinski definition) is 2. The summed E-state index contributed by atoms with van der Waals surface area (Å²) in [7, 11) is 0. The number of rotatable bonds is 4. The summed E-state index contributed by atoms with van der Waals surface area (Å²) in [6.07, 6.45) is -3.57. The Morgan fingerprint density at radius 3 is 2.86 bits per heavy atom. The molecule has 2 unspecified atom stereocenters. The first-order chi connectivity index (χ1) is 9.86. The van der Waals surface area contributed by atoms with Crippen molar-refractivity contribution in [3.8, 4) is 0 Å². The zero-order chi connectivity index (χ0) is 15.5. The van der Waals surface area contributed by atoms with E-state index in [1.54, 1.807) is 6.07 Å². The van der Waals surface area contributed by atoms with Crippen LogP contribution in [0, 0.1) is 0 Å². The van der Waals surface area contributed by atoms with E-state index in [-0.39, 0.29) is 16.6 Å². The molecule has 21 heavy (non-hydrogen) atoms. The van der Waals surface area contributed by atoms with Crippen LogP contribution in [-0.2, 0) is 10.9 Å². The third-order valence-electron chi connectivity index (χ3n) is 3.32. The highest BCUT2D eigenvalue weighted by Gasteiger charge is 2.33. The second-order valence-corrected chi connectivity index (χ2v) is 6.05. The van der Waals surface area contributed by atoms with Crippen LogP contribution < -0.4 is 10.6 Å². The van der Waals surface area contributed by atoms with Gasteiger partial charge in [0.25, 0.3) is 0 Å². The van der Waals surface area contributed by atoms with Crippen molar-refractivity contribution < 1.29 is 17.9 Å². The Kier molecular flexibility index (Phi) is 5.51. The Morgan fingerprint density at radius 1 is 1.48 bits per heavy atom. The van der Waals surface area contributed by atoms with Gasteiger partial charge in [-0.3, -0.25) is 0 Å². The lowest BCUT2D eigenvalue weighted by atomic mass is 10.1. The smallest absolute Gasteiger partial charge is 0.383 e. The molecule has 0 aliphatic carbocycles. The summed E-state index contributed by atoms with van der Waals surface area (Å²) < 4.78 is 44.0. The SMILES string of the molecule is CC(CC1COCCN1)Nc1ccc(Br)c(C(F)(F)F)c1.